The highest BCUT2D eigenvalue weighted by Gasteiger charge is 2.20. The fourth-order valence-electron chi connectivity index (χ4n) is 1.14. The summed E-state index contributed by atoms with van der Waals surface area (Å²) < 4.78 is 0. The highest BCUT2D eigenvalue weighted by Crippen LogP contribution is 2.28. The Kier molecular flexibility index (Phi) is 1.48. The molecule has 0 radical (unpaired) electrons. The Hall–Kier alpha value is -1.55. The summed E-state index contributed by atoms with van der Waals surface area (Å²) in [6.45, 7) is 0.206. The van der Waals surface area contributed by atoms with Crippen LogP contribution < -0.4 is 4.89 Å². The van der Waals surface area contributed by atoms with Crippen LogP contribution in [0.1, 0.15) is 15.9 Å². The van der Waals surface area contributed by atoms with Crippen LogP contribution in [0, 0.1) is 0 Å². The van der Waals surface area contributed by atoms with E-state index in [0.717, 1.165) is 0 Å². The minimum atomic E-state index is -0.957. The monoisotopic (exact) mass is 166 g/mol. The Morgan fingerprint density at radius 2 is 2.33 bits per heavy atom. The van der Waals surface area contributed by atoms with E-state index in [1.807, 2.05) is 0 Å². The number of benzene rings is 1. The lowest BCUT2D eigenvalue weighted by molar-refractivity contribution is -0.194. The van der Waals surface area contributed by atoms with Gasteiger partial charge in [0.1, 0.15) is 6.61 Å². The Labute approximate surface area is 68.3 Å². The topological polar surface area (TPSA) is 55.8 Å². The normalized spacial score (nSPS) is 13.7. The van der Waals surface area contributed by atoms with Crippen LogP contribution in [0.4, 0.5) is 0 Å². The van der Waals surface area contributed by atoms with Gasteiger partial charge in [0, 0.05) is 5.56 Å². The van der Waals surface area contributed by atoms with E-state index in [2.05, 4.69) is 4.89 Å². The molecule has 0 unspecified atom stereocenters. The number of carboxylic acids is 1. The minimum absolute atomic E-state index is 0.206. The van der Waals surface area contributed by atoms with Gasteiger partial charge in [-0.3, -0.25) is 0 Å². The molecule has 0 saturated heterocycles. The Bertz CT molecular complexity index is 332. The Balaban J connectivity index is 2.56. The highest BCUT2D eigenvalue weighted by atomic mass is 17.2. The van der Waals surface area contributed by atoms with Crippen molar-refractivity contribution in [3.05, 3.63) is 29.3 Å². The number of carboxylic acid groups (broad SMARTS) is 1. The number of hydrogen-bond acceptors (Lipinski definition) is 3. The van der Waals surface area contributed by atoms with Crippen LogP contribution in [-0.4, -0.2) is 11.1 Å². The van der Waals surface area contributed by atoms with E-state index in [9.17, 15) is 4.79 Å². The molecule has 1 heterocycles. The summed E-state index contributed by atoms with van der Waals surface area (Å²) in [6, 6.07) is 4.82. The second-order valence-corrected chi connectivity index (χ2v) is 2.43. The first kappa shape index (κ1) is 7.12. The summed E-state index contributed by atoms with van der Waals surface area (Å²) >= 11 is 0. The van der Waals surface area contributed by atoms with Crippen LogP contribution in [0.3, 0.4) is 0 Å². The predicted molar refractivity (Wildman–Crippen MR) is 38.8 cm³/mol. The smallest absolute Gasteiger partial charge is 0.336 e. The third-order valence-corrected chi connectivity index (χ3v) is 1.72. The molecule has 2 rings (SSSR count). The molecule has 0 aliphatic carbocycles. The maximum absolute atomic E-state index is 10.6. The number of aromatic carboxylic acids is 1. The average molecular weight is 166 g/mol. The van der Waals surface area contributed by atoms with Gasteiger partial charge >= 0.3 is 5.97 Å². The first-order valence-electron chi connectivity index (χ1n) is 3.43. The summed E-state index contributed by atoms with van der Waals surface area (Å²) in [5.74, 6) is -0.462. The van der Waals surface area contributed by atoms with Gasteiger partial charge in [0.05, 0.1) is 5.56 Å². The fraction of sp³-hybridized carbons (Fsp3) is 0.125. The first-order chi connectivity index (χ1) is 5.79. The van der Waals surface area contributed by atoms with Gasteiger partial charge in [0.15, 0.2) is 5.75 Å². The molecule has 0 saturated carbocycles. The van der Waals surface area contributed by atoms with Crippen LogP contribution in [0.25, 0.3) is 0 Å². The van der Waals surface area contributed by atoms with E-state index in [4.69, 9.17) is 9.99 Å². The van der Waals surface area contributed by atoms with Gasteiger partial charge in [-0.1, -0.05) is 6.07 Å². The molecule has 0 fully saturated rings. The van der Waals surface area contributed by atoms with Gasteiger partial charge in [0.25, 0.3) is 0 Å². The lowest BCUT2D eigenvalue weighted by atomic mass is 10.1. The molecule has 62 valence electrons. The largest absolute Gasteiger partial charge is 0.478 e. The van der Waals surface area contributed by atoms with Crippen molar-refractivity contribution in [3.63, 3.8) is 0 Å². The van der Waals surface area contributed by atoms with Crippen LogP contribution in [0.2, 0.25) is 0 Å². The van der Waals surface area contributed by atoms with Crippen molar-refractivity contribution in [2.45, 2.75) is 6.61 Å². The molecule has 4 heteroatoms. The van der Waals surface area contributed by atoms with Crippen LogP contribution >= 0.6 is 0 Å². The quantitative estimate of drug-likeness (QED) is 0.637. The van der Waals surface area contributed by atoms with Crippen molar-refractivity contribution in [2.75, 3.05) is 0 Å². The molecule has 4 nitrogen and oxygen atoms in total. The minimum Gasteiger partial charge on any atom is -0.478 e. The molecule has 0 spiro atoms. The van der Waals surface area contributed by atoms with Crippen molar-refractivity contribution in [1.29, 1.82) is 0 Å². The predicted octanol–water partition coefficient (Wildman–Crippen LogP) is 1.21. The molecule has 1 aliphatic rings. The number of rotatable bonds is 1. The lowest BCUT2D eigenvalue weighted by Gasteiger charge is -1.97. The number of hydrogen-bond donors (Lipinski definition) is 1. The van der Waals surface area contributed by atoms with Gasteiger partial charge in [-0.15, -0.1) is 0 Å². The van der Waals surface area contributed by atoms with E-state index < -0.39 is 5.97 Å². The number of carbonyl (C=O) groups is 1. The molecule has 1 aromatic carbocycles. The van der Waals surface area contributed by atoms with Crippen molar-refractivity contribution in [3.8, 4) is 5.75 Å². The van der Waals surface area contributed by atoms with Crippen LogP contribution in [0.5, 0.6) is 5.75 Å². The molecular weight excluding hydrogens is 160 g/mol. The molecular formula is C8H6O4. The zero-order valence-corrected chi connectivity index (χ0v) is 6.11. The van der Waals surface area contributed by atoms with E-state index >= 15 is 0 Å². The van der Waals surface area contributed by atoms with Gasteiger partial charge in [-0.05, 0) is 12.1 Å². The lowest BCUT2D eigenvalue weighted by Crippen LogP contribution is -1.99. The summed E-state index contributed by atoms with van der Waals surface area (Å²) in [5.41, 5.74) is 0.843. The summed E-state index contributed by atoms with van der Waals surface area (Å²) in [6.07, 6.45) is 0. The molecule has 0 atom stereocenters. The van der Waals surface area contributed by atoms with E-state index in [0.29, 0.717) is 11.3 Å². The maximum Gasteiger partial charge on any atom is 0.336 e. The van der Waals surface area contributed by atoms with Gasteiger partial charge < -0.3 is 9.99 Å². The van der Waals surface area contributed by atoms with Gasteiger partial charge in [-0.2, -0.15) is 4.89 Å². The molecule has 0 bridgehead atoms. The summed E-state index contributed by atoms with van der Waals surface area (Å²) in [4.78, 5) is 20.0. The molecule has 0 amide bonds. The van der Waals surface area contributed by atoms with Crippen molar-refractivity contribution < 1.29 is 19.7 Å². The van der Waals surface area contributed by atoms with E-state index in [-0.39, 0.29) is 12.2 Å². The second-order valence-electron chi connectivity index (χ2n) is 2.43. The third kappa shape index (κ3) is 0.931. The fourth-order valence-corrected chi connectivity index (χ4v) is 1.14. The first-order valence-corrected chi connectivity index (χ1v) is 3.43. The number of fused-ring (bicyclic) bond motifs is 1. The van der Waals surface area contributed by atoms with Crippen molar-refractivity contribution in [1.82, 2.24) is 0 Å². The maximum atomic E-state index is 10.6. The van der Waals surface area contributed by atoms with E-state index in [1.165, 1.54) is 6.07 Å². The van der Waals surface area contributed by atoms with Crippen LogP contribution in [0.15, 0.2) is 18.2 Å². The zero-order chi connectivity index (χ0) is 8.55. The molecule has 1 N–H and O–H groups in total. The SMILES string of the molecule is O=C(O)c1cccc2c1COO2. The standard InChI is InChI=1S/C8H6O4/c9-8(10)5-2-1-3-7-6(5)4-11-12-7/h1-3H,4H2,(H,9,10). The molecule has 1 aromatic rings. The summed E-state index contributed by atoms with van der Waals surface area (Å²) in [7, 11) is 0. The molecule has 12 heavy (non-hydrogen) atoms. The van der Waals surface area contributed by atoms with Crippen molar-refractivity contribution in [2.24, 2.45) is 0 Å². The molecule has 1 aliphatic heterocycles. The highest BCUT2D eigenvalue weighted by molar-refractivity contribution is 5.90. The van der Waals surface area contributed by atoms with Crippen molar-refractivity contribution >= 4 is 5.97 Å². The van der Waals surface area contributed by atoms with Gasteiger partial charge in [0.2, 0.25) is 0 Å². The Morgan fingerprint density at radius 3 is 3.08 bits per heavy atom. The van der Waals surface area contributed by atoms with E-state index in [1.54, 1.807) is 12.1 Å². The van der Waals surface area contributed by atoms with Gasteiger partial charge in [-0.25, -0.2) is 4.79 Å². The third-order valence-electron chi connectivity index (χ3n) is 1.72. The Morgan fingerprint density at radius 1 is 1.50 bits per heavy atom. The second kappa shape index (κ2) is 2.49. The average Bonchev–Trinajstić information content (AvgIpc) is 2.49. The molecule has 0 aromatic heterocycles. The van der Waals surface area contributed by atoms with Crippen LogP contribution in [-0.2, 0) is 11.5 Å². The zero-order valence-electron chi connectivity index (χ0n) is 6.11. The summed E-state index contributed by atoms with van der Waals surface area (Å²) in [5, 5.41) is 8.74.